The lowest BCUT2D eigenvalue weighted by atomic mass is 9.68. The van der Waals surface area contributed by atoms with Gasteiger partial charge < -0.3 is 5.32 Å². The van der Waals surface area contributed by atoms with E-state index in [-0.39, 0.29) is 5.41 Å². The summed E-state index contributed by atoms with van der Waals surface area (Å²) in [5.74, 6) is 1.49. The van der Waals surface area contributed by atoms with Crippen LogP contribution in [0.1, 0.15) is 74.4 Å². The average molecular weight is 326 g/mol. The van der Waals surface area contributed by atoms with Crippen LogP contribution in [0.4, 0.5) is 5.69 Å². The van der Waals surface area contributed by atoms with Crippen LogP contribution in [0, 0.1) is 5.92 Å². The van der Waals surface area contributed by atoms with Gasteiger partial charge in [-0.1, -0.05) is 51.8 Å². The lowest BCUT2D eigenvalue weighted by molar-refractivity contribution is 0.267. The third-order valence-corrected chi connectivity index (χ3v) is 6.68. The summed E-state index contributed by atoms with van der Waals surface area (Å²) < 4.78 is 0. The Labute approximate surface area is 144 Å². The van der Waals surface area contributed by atoms with Crippen LogP contribution in [0.25, 0.3) is 0 Å². The van der Waals surface area contributed by atoms with E-state index in [1.54, 1.807) is 5.56 Å². The highest BCUT2D eigenvalue weighted by Gasteiger charge is 2.39. The van der Waals surface area contributed by atoms with Crippen LogP contribution >= 0.6 is 11.3 Å². The van der Waals surface area contributed by atoms with Gasteiger partial charge in [0.2, 0.25) is 0 Å². The van der Waals surface area contributed by atoms with Gasteiger partial charge in [-0.05, 0) is 58.7 Å². The van der Waals surface area contributed by atoms with Gasteiger partial charge in [0.1, 0.15) is 0 Å². The first-order valence-electron chi connectivity index (χ1n) is 8.98. The van der Waals surface area contributed by atoms with Crippen molar-refractivity contribution in [3.05, 3.63) is 51.7 Å². The Bertz CT molecular complexity index is 680. The average Bonchev–Trinajstić information content (AvgIpc) is 3.07. The number of fused-ring (bicyclic) bond motifs is 3. The summed E-state index contributed by atoms with van der Waals surface area (Å²) >= 11 is 1.90. The molecule has 122 valence electrons. The second-order valence-corrected chi connectivity index (χ2v) is 9.22. The van der Waals surface area contributed by atoms with E-state index in [2.05, 4.69) is 61.8 Å². The van der Waals surface area contributed by atoms with Crippen molar-refractivity contribution >= 4 is 17.0 Å². The molecule has 0 radical (unpaired) electrons. The molecule has 1 aromatic heterocycles. The molecule has 2 aliphatic rings. The first-order chi connectivity index (χ1) is 11.0. The predicted octanol–water partition coefficient (Wildman–Crippen LogP) is 6.49. The fraction of sp³-hybridized carbons (Fsp3) is 0.524. The summed E-state index contributed by atoms with van der Waals surface area (Å²) in [6.07, 6.45) is 5.49. The van der Waals surface area contributed by atoms with Crippen LogP contribution < -0.4 is 5.32 Å². The Morgan fingerprint density at radius 3 is 2.65 bits per heavy atom. The maximum Gasteiger partial charge on any atom is 0.0640 e. The summed E-state index contributed by atoms with van der Waals surface area (Å²) in [7, 11) is 0. The van der Waals surface area contributed by atoms with E-state index >= 15 is 0 Å². The Kier molecular flexibility index (Phi) is 3.76. The molecule has 23 heavy (non-hydrogen) atoms. The minimum atomic E-state index is 0.226. The quantitative estimate of drug-likeness (QED) is 0.632. The van der Waals surface area contributed by atoms with Gasteiger partial charge in [0, 0.05) is 10.6 Å². The Morgan fingerprint density at radius 2 is 1.91 bits per heavy atom. The van der Waals surface area contributed by atoms with E-state index in [0.29, 0.717) is 6.04 Å². The number of rotatable bonds is 1. The second kappa shape index (κ2) is 5.66. The van der Waals surface area contributed by atoms with Crippen molar-refractivity contribution in [3.63, 3.8) is 0 Å². The molecule has 1 saturated carbocycles. The van der Waals surface area contributed by atoms with Gasteiger partial charge in [-0.2, -0.15) is 0 Å². The summed E-state index contributed by atoms with van der Waals surface area (Å²) in [5, 5.41) is 6.10. The topological polar surface area (TPSA) is 12.0 Å². The number of benzene rings is 1. The standard InChI is InChI=1S/C21H27NS/c1-21(2,3)14-10-11-18-17(13-14)15-7-4-5-8-16(15)20(22-18)19-9-6-12-23-19/h6,9-13,15-16,20,22H,4-5,7-8H2,1-3H3/t15?,16?,20-/m1/s1. The van der Waals surface area contributed by atoms with Crippen molar-refractivity contribution in [1.29, 1.82) is 0 Å². The molecule has 1 fully saturated rings. The highest BCUT2D eigenvalue weighted by Crippen LogP contribution is 2.52. The van der Waals surface area contributed by atoms with Crippen LogP contribution in [0.3, 0.4) is 0 Å². The molecule has 0 amide bonds. The maximum atomic E-state index is 3.89. The van der Waals surface area contributed by atoms with E-state index in [0.717, 1.165) is 11.8 Å². The summed E-state index contributed by atoms with van der Waals surface area (Å²) in [6, 6.07) is 12.2. The molecule has 1 nitrogen and oxygen atoms in total. The van der Waals surface area contributed by atoms with Gasteiger partial charge >= 0.3 is 0 Å². The summed E-state index contributed by atoms with van der Waals surface area (Å²) in [5.41, 5.74) is 4.65. The van der Waals surface area contributed by atoms with E-state index in [1.807, 2.05) is 11.3 Å². The molecule has 1 aliphatic heterocycles. The first kappa shape index (κ1) is 15.3. The Morgan fingerprint density at radius 1 is 1.09 bits per heavy atom. The molecule has 1 aliphatic carbocycles. The molecule has 0 saturated heterocycles. The monoisotopic (exact) mass is 325 g/mol. The van der Waals surface area contributed by atoms with Crippen molar-refractivity contribution in [2.45, 2.75) is 63.8 Å². The number of nitrogens with one attached hydrogen (secondary N) is 1. The SMILES string of the molecule is CC(C)(C)c1ccc2c(c1)C1CCCCC1[C@H](c1cccs1)N2. The van der Waals surface area contributed by atoms with Crippen molar-refractivity contribution in [2.24, 2.45) is 5.92 Å². The molecular formula is C21H27NS. The van der Waals surface area contributed by atoms with Crippen LogP contribution in [0.15, 0.2) is 35.7 Å². The van der Waals surface area contributed by atoms with Crippen molar-refractivity contribution in [3.8, 4) is 0 Å². The second-order valence-electron chi connectivity index (χ2n) is 8.24. The fourth-order valence-corrected chi connectivity index (χ4v) is 5.29. The molecule has 0 bridgehead atoms. The van der Waals surface area contributed by atoms with Crippen molar-refractivity contribution in [2.75, 3.05) is 5.32 Å². The fourth-order valence-electron chi connectivity index (χ4n) is 4.44. The van der Waals surface area contributed by atoms with Gasteiger partial charge in [0.15, 0.2) is 0 Å². The third kappa shape index (κ3) is 2.71. The zero-order chi connectivity index (χ0) is 16.0. The Hall–Kier alpha value is -1.28. The van der Waals surface area contributed by atoms with E-state index < -0.39 is 0 Å². The van der Waals surface area contributed by atoms with Gasteiger partial charge in [-0.15, -0.1) is 11.3 Å². The molecule has 0 spiro atoms. The lowest BCUT2D eigenvalue weighted by Gasteiger charge is -2.43. The zero-order valence-corrected chi connectivity index (χ0v) is 15.2. The number of anilines is 1. The van der Waals surface area contributed by atoms with Crippen molar-refractivity contribution < 1.29 is 0 Å². The smallest absolute Gasteiger partial charge is 0.0640 e. The summed E-state index contributed by atoms with van der Waals surface area (Å²) in [6.45, 7) is 6.95. The minimum absolute atomic E-state index is 0.226. The van der Waals surface area contributed by atoms with Crippen LogP contribution in [0.2, 0.25) is 0 Å². The molecule has 2 aromatic rings. The summed E-state index contributed by atoms with van der Waals surface area (Å²) in [4.78, 5) is 1.51. The molecule has 1 N–H and O–H groups in total. The third-order valence-electron chi connectivity index (χ3n) is 5.73. The van der Waals surface area contributed by atoms with Gasteiger partial charge in [-0.25, -0.2) is 0 Å². The molecule has 4 rings (SSSR count). The normalized spacial score (nSPS) is 27.0. The van der Waals surface area contributed by atoms with Gasteiger partial charge in [0.05, 0.1) is 6.04 Å². The molecule has 2 heterocycles. The first-order valence-corrected chi connectivity index (χ1v) is 9.86. The molecule has 3 atom stereocenters. The van der Waals surface area contributed by atoms with Crippen molar-refractivity contribution in [1.82, 2.24) is 0 Å². The van der Waals surface area contributed by atoms with Crippen LogP contribution in [-0.4, -0.2) is 0 Å². The van der Waals surface area contributed by atoms with Gasteiger partial charge in [0.25, 0.3) is 0 Å². The highest BCUT2D eigenvalue weighted by atomic mass is 32.1. The number of hydrogen-bond donors (Lipinski definition) is 1. The zero-order valence-electron chi connectivity index (χ0n) is 14.4. The van der Waals surface area contributed by atoms with Crippen LogP contribution in [0.5, 0.6) is 0 Å². The largest absolute Gasteiger partial charge is 0.377 e. The van der Waals surface area contributed by atoms with Gasteiger partial charge in [-0.3, -0.25) is 0 Å². The maximum absolute atomic E-state index is 3.89. The lowest BCUT2D eigenvalue weighted by Crippen LogP contribution is -2.33. The van der Waals surface area contributed by atoms with Crippen LogP contribution in [-0.2, 0) is 5.41 Å². The minimum Gasteiger partial charge on any atom is -0.377 e. The molecule has 1 aromatic carbocycles. The van der Waals surface area contributed by atoms with E-state index in [1.165, 1.54) is 41.8 Å². The number of hydrogen-bond acceptors (Lipinski definition) is 2. The molecular weight excluding hydrogens is 298 g/mol. The Balaban J connectivity index is 1.78. The highest BCUT2D eigenvalue weighted by molar-refractivity contribution is 7.10. The molecule has 2 unspecified atom stereocenters. The predicted molar refractivity (Wildman–Crippen MR) is 101 cm³/mol. The molecule has 2 heteroatoms. The number of thiophene rings is 1. The van der Waals surface area contributed by atoms with E-state index in [9.17, 15) is 0 Å². The van der Waals surface area contributed by atoms with E-state index in [4.69, 9.17) is 0 Å².